The van der Waals surface area contributed by atoms with E-state index in [1.807, 2.05) is 12.3 Å². The number of ether oxygens (including phenoxy) is 1. The van der Waals surface area contributed by atoms with Crippen LogP contribution < -0.4 is 10.1 Å². The Kier molecular flexibility index (Phi) is 5.03. The number of hydrogen-bond donors (Lipinski definition) is 1. The fourth-order valence-corrected chi connectivity index (χ4v) is 2.48. The van der Waals surface area contributed by atoms with Gasteiger partial charge in [0.05, 0.1) is 18.0 Å². The fourth-order valence-electron chi connectivity index (χ4n) is 2.48. The van der Waals surface area contributed by atoms with Gasteiger partial charge in [0.2, 0.25) is 0 Å². The normalized spacial score (nSPS) is 23.6. The molecule has 3 heteroatoms. The smallest absolute Gasteiger partial charge is 0.138 e. The Morgan fingerprint density at radius 2 is 1.90 bits per heavy atom. The first-order chi connectivity index (χ1) is 9.42. The van der Waals surface area contributed by atoms with Crippen LogP contribution in [0.3, 0.4) is 0 Å². The second-order valence-electron chi connectivity index (χ2n) is 7.09. The van der Waals surface area contributed by atoms with Crippen LogP contribution in [-0.2, 0) is 6.54 Å². The summed E-state index contributed by atoms with van der Waals surface area (Å²) in [5.74, 6) is 1.77. The highest BCUT2D eigenvalue weighted by atomic mass is 16.5. The minimum absolute atomic E-state index is 0.121. The first-order valence-electron chi connectivity index (χ1n) is 7.79. The molecule has 0 aliphatic heterocycles. The molecule has 0 unspecified atom stereocenters. The first kappa shape index (κ1) is 15.3. The minimum Gasteiger partial charge on any atom is -0.489 e. The highest BCUT2D eigenvalue weighted by Crippen LogP contribution is 2.26. The van der Waals surface area contributed by atoms with Gasteiger partial charge in [-0.25, -0.2) is 0 Å². The number of hydrogen-bond acceptors (Lipinski definition) is 3. The van der Waals surface area contributed by atoms with Gasteiger partial charge < -0.3 is 10.1 Å². The maximum Gasteiger partial charge on any atom is 0.138 e. The average Bonchev–Trinajstić information content (AvgIpc) is 2.40. The van der Waals surface area contributed by atoms with Gasteiger partial charge in [-0.2, -0.15) is 0 Å². The third-order valence-corrected chi connectivity index (χ3v) is 3.86. The van der Waals surface area contributed by atoms with Crippen molar-refractivity contribution in [3.8, 4) is 5.75 Å². The lowest BCUT2D eigenvalue weighted by Gasteiger charge is -2.26. The van der Waals surface area contributed by atoms with Gasteiger partial charge in [-0.05, 0) is 64.5 Å². The van der Waals surface area contributed by atoms with Crippen molar-refractivity contribution in [2.24, 2.45) is 5.92 Å². The second kappa shape index (κ2) is 6.57. The average molecular weight is 276 g/mol. The summed E-state index contributed by atoms with van der Waals surface area (Å²) in [4.78, 5) is 4.47. The number of rotatable bonds is 4. The van der Waals surface area contributed by atoms with Gasteiger partial charge in [-0.3, -0.25) is 4.98 Å². The minimum atomic E-state index is 0.121. The van der Waals surface area contributed by atoms with Crippen LogP contribution in [0.4, 0.5) is 0 Å². The van der Waals surface area contributed by atoms with Crippen LogP contribution in [0, 0.1) is 5.92 Å². The molecule has 1 heterocycles. The molecular weight excluding hydrogens is 248 g/mol. The number of pyridine rings is 1. The van der Waals surface area contributed by atoms with E-state index in [1.54, 1.807) is 0 Å². The van der Waals surface area contributed by atoms with Crippen LogP contribution in [0.1, 0.15) is 59.1 Å². The lowest BCUT2D eigenvalue weighted by Crippen LogP contribution is -2.35. The second-order valence-corrected chi connectivity index (χ2v) is 7.09. The molecule has 0 bridgehead atoms. The van der Waals surface area contributed by atoms with Gasteiger partial charge in [0.1, 0.15) is 5.75 Å². The van der Waals surface area contributed by atoms with Crippen molar-refractivity contribution in [3.05, 3.63) is 24.0 Å². The Balaban J connectivity index is 1.82. The van der Waals surface area contributed by atoms with Gasteiger partial charge in [0, 0.05) is 12.1 Å². The molecule has 1 aliphatic rings. The molecule has 112 valence electrons. The zero-order chi connectivity index (χ0) is 14.6. The first-order valence-corrected chi connectivity index (χ1v) is 7.79. The topological polar surface area (TPSA) is 34.1 Å². The van der Waals surface area contributed by atoms with Gasteiger partial charge in [0.25, 0.3) is 0 Å². The Bertz CT molecular complexity index is 400. The van der Waals surface area contributed by atoms with E-state index < -0.39 is 0 Å². The van der Waals surface area contributed by atoms with Crippen LogP contribution in [0.25, 0.3) is 0 Å². The predicted molar refractivity (Wildman–Crippen MR) is 82.9 cm³/mol. The van der Waals surface area contributed by atoms with Crippen LogP contribution >= 0.6 is 0 Å². The monoisotopic (exact) mass is 276 g/mol. The quantitative estimate of drug-likeness (QED) is 0.905. The Labute approximate surface area is 123 Å². The van der Waals surface area contributed by atoms with Crippen molar-refractivity contribution in [1.82, 2.24) is 10.3 Å². The summed E-state index contributed by atoms with van der Waals surface area (Å²) in [7, 11) is 0. The summed E-state index contributed by atoms with van der Waals surface area (Å²) in [5.41, 5.74) is 1.18. The molecule has 0 amide bonds. The van der Waals surface area contributed by atoms with Crippen molar-refractivity contribution < 1.29 is 4.74 Å². The molecule has 0 spiro atoms. The van der Waals surface area contributed by atoms with Crippen LogP contribution in [-0.4, -0.2) is 16.6 Å². The summed E-state index contributed by atoms with van der Waals surface area (Å²) in [6.07, 6.45) is 7.16. The van der Waals surface area contributed by atoms with Gasteiger partial charge in [-0.1, -0.05) is 6.92 Å². The molecule has 1 saturated carbocycles. The molecule has 0 aromatic carbocycles. The van der Waals surface area contributed by atoms with Gasteiger partial charge >= 0.3 is 0 Å². The van der Waals surface area contributed by atoms with Crippen molar-refractivity contribution in [1.29, 1.82) is 0 Å². The maximum absolute atomic E-state index is 6.02. The number of nitrogens with zero attached hydrogens (tertiary/aromatic N) is 1. The summed E-state index contributed by atoms with van der Waals surface area (Å²) >= 11 is 0. The summed E-state index contributed by atoms with van der Waals surface area (Å²) in [6, 6.07) is 4.10. The Hall–Kier alpha value is -1.09. The molecule has 1 aromatic heterocycles. The lowest BCUT2D eigenvalue weighted by molar-refractivity contribution is 0.135. The summed E-state index contributed by atoms with van der Waals surface area (Å²) in [6.45, 7) is 9.61. The molecule has 0 atom stereocenters. The molecule has 1 N–H and O–H groups in total. The van der Waals surface area contributed by atoms with Gasteiger partial charge in [0.15, 0.2) is 0 Å². The van der Waals surface area contributed by atoms with Crippen LogP contribution in [0.15, 0.2) is 18.3 Å². The molecule has 20 heavy (non-hydrogen) atoms. The molecule has 0 saturated heterocycles. The number of aromatic nitrogens is 1. The predicted octanol–water partition coefficient (Wildman–Crippen LogP) is 3.93. The molecule has 1 aromatic rings. The standard InChI is InChI=1S/C17H28N2O/c1-13-5-8-15(9-6-13)20-16-10-7-14(18-12-16)11-19-17(2,3)4/h7,10,12-13,15,19H,5-6,8-9,11H2,1-4H3. The van der Waals surface area contributed by atoms with Crippen molar-refractivity contribution in [2.45, 2.75) is 71.6 Å². The van der Waals surface area contributed by atoms with Gasteiger partial charge in [-0.15, -0.1) is 0 Å². The van der Waals surface area contributed by atoms with Crippen molar-refractivity contribution >= 4 is 0 Å². The fraction of sp³-hybridized carbons (Fsp3) is 0.706. The van der Waals surface area contributed by atoms with Crippen molar-refractivity contribution in [2.75, 3.05) is 0 Å². The highest BCUT2D eigenvalue weighted by molar-refractivity contribution is 5.20. The van der Waals surface area contributed by atoms with Crippen LogP contribution in [0.5, 0.6) is 5.75 Å². The van der Waals surface area contributed by atoms with E-state index in [0.717, 1.165) is 23.9 Å². The van der Waals surface area contributed by atoms with E-state index in [2.05, 4.69) is 44.1 Å². The summed E-state index contributed by atoms with van der Waals surface area (Å²) in [5, 5.41) is 3.44. The molecular formula is C17H28N2O. The molecule has 0 radical (unpaired) electrons. The van der Waals surface area contributed by atoms with E-state index in [1.165, 1.54) is 25.7 Å². The zero-order valence-corrected chi connectivity index (χ0v) is 13.3. The van der Waals surface area contributed by atoms with E-state index in [4.69, 9.17) is 4.74 Å². The Morgan fingerprint density at radius 1 is 1.20 bits per heavy atom. The number of nitrogens with one attached hydrogen (secondary N) is 1. The van der Waals surface area contributed by atoms with E-state index >= 15 is 0 Å². The lowest BCUT2D eigenvalue weighted by atomic mass is 9.89. The highest BCUT2D eigenvalue weighted by Gasteiger charge is 2.19. The SMILES string of the molecule is CC1CCC(Oc2ccc(CNC(C)(C)C)nc2)CC1. The van der Waals surface area contributed by atoms with E-state index in [0.29, 0.717) is 6.10 Å². The maximum atomic E-state index is 6.02. The largest absolute Gasteiger partial charge is 0.489 e. The molecule has 2 rings (SSSR count). The molecule has 1 fully saturated rings. The summed E-state index contributed by atoms with van der Waals surface area (Å²) < 4.78 is 6.02. The third-order valence-electron chi connectivity index (χ3n) is 3.86. The molecule has 1 aliphatic carbocycles. The Morgan fingerprint density at radius 3 is 2.45 bits per heavy atom. The third kappa shape index (κ3) is 5.12. The van der Waals surface area contributed by atoms with Crippen molar-refractivity contribution in [3.63, 3.8) is 0 Å². The van der Waals surface area contributed by atoms with E-state index in [-0.39, 0.29) is 5.54 Å². The van der Waals surface area contributed by atoms with E-state index in [9.17, 15) is 0 Å². The van der Waals surface area contributed by atoms with Crippen LogP contribution in [0.2, 0.25) is 0 Å². The zero-order valence-electron chi connectivity index (χ0n) is 13.3. The molecule has 3 nitrogen and oxygen atoms in total.